The van der Waals surface area contributed by atoms with Gasteiger partial charge < -0.3 is 5.32 Å². The molecule has 3 N–H and O–H groups in total. The first-order valence-corrected chi connectivity index (χ1v) is 6.85. The minimum absolute atomic E-state index is 0.220. The summed E-state index contributed by atoms with van der Waals surface area (Å²) in [6.07, 6.45) is 3.16. The molecule has 1 heterocycles. The quantitative estimate of drug-likeness (QED) is 0.407. The lowest BCUT2D eigenvalue weighted by Gasteiger charge is -2.12. The van der Waals surface area contributed by atoms with Crippen LogP contribution >= 0.6 is 22.6 Å². The van der Waals surface area contributed by atoms with Crippen LogP contribution in [0, 0.1) is 9.39 Å². The van der Waals surface area contributed by atoms with E-state index in [9.17, 15) is 14.0 Å². The molecular formula is C13H10FIN4O2. The van der Waals surface area contributed by atoms with Gasteiger partial charge in [0.1, 0.15) is 5.82 Å². The van der Waals surface area contributed by atoms with Crippen molar-refractivity contribution in [1.82, 2.24) is 15.8 Å². The molecule has 0 fully saturated rings. The lowest BCUT2D eigenvalue weighted by atomic mass is 10.2. The average molecular weight is 400 g/mol. The van der Waals surface area contributed by atoms with E-state index in [1.165, 1.54) is 24.5 Å². The Morgan fingerprint density at radius 2 is 2.10 bits per heavy atom. The average Bonchev–Trinajstić information content (AvgIpc) is 2.48. The van der Waals surface area contributed by atoms with Gasteiger partial charge in [-0.25, -0.2) is 4.39 Å². The van der Waals surface area contributed by atoms with E-state index in [0.29, 0.717) is 12.1 Å². The number of hydrogen-bond donors (Lipinski definition) is 3. The summed E-state index contributed by atoms with van der Waals surface area (Å²) < 4.78 is 14.6. The number of hydrazine groups is 1. The van der Waals surface area contributed by atoms with E-state index in [-0.39, 0.29) is 11.3 Å². The molecule has 0 aliphatic carbocycles. The highest BCUT2D eigenvalue weighted by Gasteiger charge is 2.12. The summed E-state index contributed by atoms with van der Waals surface area (Å²) in [6, 6.07) is 6.12. The van der Waals surface area contributed by atoms with Gasteiger partial charge in [0.05, 0.1) is 23.1 Å². The van der Waals surface area contributed by atoms with E-state index in [1.54, 1.807) is 12.1 Å². The number of carbonyl (C=O) groups excluding carboxylic acids is 2. The standard InChI is InChI=1S/C13H10FIN4O2/c14-10-5-8(15)1-2-11(10)18-12-6-16-4-3-9(12)13(21)19-17-7-20/h1-7,18H,(H,17,20)(H,19,21). The van der Waals surface area contributed by atoms with Gasteiger partial charge in [0.25, 0.3) is 5.91 Å². The van der Waals surface area contributed by atoms with Crippen LogP contribution < -0.4 is 16.2 Å². The van der Waals surface area contributed by atoms with Crippen LogP contribution in [-0.4, -0.2) is 17.3 Å². The number of nitrogens with zero attached hydrogens (tertiary/aromatic N) is 1. The number of carbonyl (C=O) groups is 2. The Hall–Kier alpha value is -2.23. The summed E-state index contributed by atoms with van der Waals surface area (Å²) in [6.45, 7) is 0. The molecule has 0 saturated heterocycles. The van der Waals surface area contributed by atoms with E-state index in [1.807, 2.05) is 22.6 Å². The van der Waals surface area contributed by atoms with E-state index >= 15 is 0 Å². The van der Waals surface area contributed by atoms with Gasteiger partial charge >= 0.3 is 0 Å². The number of halogens is 2. The molecule has 0 spiro atoms. The Kier molecular flexibility index (Phi) is 5.04. The molecule has 1 aromatic heterocycles. The number of pyridine rings is 1. The van der Waals surface area contributed by atoms with E-state index in [0.717, 1.165) is 3.57 Å². The fourth-order valence-corrected chi connectivity index (χ4v) is 2.04. The summed E-state index contributed by atoms with van der Waals surface area (Å²) >= 11 is 2.00. The summed E-state index contributed by atoms with van der Waals surface area (Å²) in [5, 5.41) is 2.81. The number of rotatable bonds is 5. The van der Waals surface area contributed by atoms with Gasteiger partial charge in [0.15, 0.2) is 0 Å². The topological polar surface area (TPSA) is 83.1 Å². The summed E-state index contributed by atoms with van der Waals surface area (Å²) in [5.74, 6) is -0.985. The third-order valence-corrected chi connectivity index (χ3v) is 3.18. The number of amides is 2. The zero-order valence-corrected chi connectivity index (χ0v) is 12.7. The highest BCUT2D eigenvalue weighted by atomic mass is 127. The monoisotopic (exact) mass is 400 g/mol. The summed E-state index contributed by atoms with van der Waals surface area (Å²) in [7, 11) is 0. The van der Waals surface area contributed by atoms with Crippen molar-refractivity contribution in [3.8, 4) is 0 Å². The highest BCUT2D eigenvalue weighted by molar-refractivity contribution is 14.1. The maximum Gasteiger partial charge on any atom is 0.271 e. The van der Waals surface area contributed by atoms with Crippen molar-refractivity contribution in [3.63, 3.8) is 0 Å². The lowest BCUT2D eigenvalue weighted by molar-refractivity contribution is -0.110. The minimum atomic E-state index is -0.544. The van der Waals surface area contributed by atoms with Gasteiger partial charge in [-0.05, 0) is 46.9 Å². The molecule has 0 saturated carbocycles. The van der Waals surface area contributed by atoms with Gasteiger partial charge in [0.2, 0.25) is 6.41 Å². The minimum Gasteiger partial charge on any atom is -0.351 e. The maximum absolute atomic E-state index is 13.8. The molecule has 0 atom stereocenters. The second-order valence-corrected chi connectivity index (χ2v) is 5.13. The molecule has 0 aliphatic rings. The van der Waals surface area contributed by atoms with Crippen molar-refractivity contribution in [1.29, 1.82) is 0 Å². The van der Waals surface area contributed by atoms with Crippen molar-refractivity contribution in [3.05, 3.63) is 51.6 Å². The molecule has 8 heteroatoms. The molecule has 0 bridgehead atoms. The molecule has 0 radical (unpaired) electrons. The van der Waals surface area contributed by atoms with Crippen LogP contribution in [0.4, 0.5) is 15.8 Å². The second-order valence-electron chi connectivity index (χ2n) is 3.89. The van der Waals surface area contributed by atoms with Gasteiger partial charge in [-0.15, -0.1) is 0 Å². The molecule has 2 aromatic rings. The van der Waals surface area contributed by atoms with E-state index < -0.39 is 11.7 Å². The Morgan fingerprint density at radius 3 is 2.81 bits per heavy atom. The molecule has 2 amide bonds. The van der Waals surface area contributed by atoms with Crippen LogP contribution in [0.5, 0.6) is 0 Å². The molecule has 2 rings (SSSR count). The van der Waals surface area contributed by atoms with Crippen LogP contribution in [0.25, 0.3) is 0 Å². The molecule has 0 unspecified atom stereocenters. The number of benzene rings is 1. The zero-order valence-electron chi connectivity index (χ0n) is 10.6. The van der Waals surface area contributed by atoms with Crippen molar-refractivity contribution >= 4 is 46.3 Å². The molecule has 21 heavy (non-hydrogen) atoms. The second kappa shape index (κ2) is 6.97. The lowest BCUT2D eigenvalue weighted by Crippen LogP contribution is -2.36. The predicted molar refractivity (Wildman–Crippen MR) is 83.3 cm³/mol. The number of anilines is 2. The van der Waals surface area contributed by atoms with Crippen molar-refractivity contribution < 1.29 is 14.0 Å². The molecular weight excluding hydrogens is 390 g/mol. The smallest absolute Gasteiger partial charge is 0.271 e. The molecule has 6 nitrogen and oxygen atoms in total. The van der Waals surface area contributed by atoms with Crippen LogP contribution in [-0.2, 0) is 4.79 Å². The first kappa shape index (κ1) is 15.2. The molecule has 108 valence electrons. The van der Waals surface area contributed by atoms with Crippen molar-refractivity contribution in [2.45, 2.75) is 0 Å². The van der Waals surface area contributed by atoms with Gasteiger partial charge in [-0.2, -0.15) is 0 Å². The van der Waals surface area contributed by atoms with Gasteiger partial charge in [0, 0.05) is 9.77 Å². The van der Waals surface area contributed by atoms with Crippen LogP contribution in [0.15, 0.2) is 36.7 Å². The number of nitrogens with one attached hydrogen (secondary N) is 3. The first-order valence-electron chi connectivity index (χ1n) is 5.77. The van der Waals surface area contributed by atoms with E-state index in [4.69, 9.17) is 0 Å². The Labute approximate surface area is 133 Å². The van der Waals surface area contributed by atoms with Crippen molar-refractivity contribution in [2.75, 3.05) is 5.32 Å². The first-order chi connectivity index (χ1) is 10.1. The normalized spacial score (nSPS) is 9.81. The van der Waals surface area contributed by atoms with E-state index in [2.05, 4.69) is 21.2 Å². The van der Waals surface area contributed by atoms with Crippen molar-refractivity contribution in [2.24, 2.45) is 0 Å². The van der Waals surface area contributed by atoms with Crippen LogP contribution in [0.3, 0.4) is 0 Å². The predicted octanol–water partition coefficient (Wildman–Crippen LogP) is 1.96. The Balaban J connectivity index is 2.27. The zero-order chi connectivity index (χ0) is 15.2. The maximum atomic E-state index is 13.8. The summed E-state index contributed by atoms with van der Waals surface area (Å²) in [4.78, 5) is 25.9. The largest absolute Gasteiger partial charge is 0.351 e. The fourth-order valence-electron chi connectivity index (χ4n) is 1.59. The van der Waals surface area contributed by atoms with Crippen LogP contribution in [0.1, 0.15) is 10.4 Å². The van der Waals surface area contributed by atoms with Crippen LogP contribution in [0.2, 0.25) is 0 Å². The SMILES string of the molecule is O=CNNC(=O)c1ccncc1Nc1ccc(I)cc1F. The number of hydrogen-bond acceptors (Lipinski definition) is 4. The Morgan fingerprint density at radius 1 is 1.29 bits per heavy atom. The highest BCUT2D eigenvalue weighted by Crippen LogP contribution is 2.23. The third-order valence-electron chi connectivity index (χ3n) is 2.51. The number of aromatic nitrogens is 1. The Bertz CT molecular complexity index is 681. The van der Waals surface area contributed by atoms with Gasteiger partial charge in [-0.1, -0.05) is 0 Å². The fraction of sp³-hybridized carbons (Fsp3) is 0. The molecule has 0 aliphatic heterocycles. The third kappa shape index (κ3) is 3.88. The van der Waals surface area contributed by atoms with Gasteiger partial charge in [-0.3, -0.25) is 25.4 Å². The molecule has 1 aromatic carbocycles. The summed E-state index contributed by atoms with van der Waals surface area (Å²) in [5.41, 5.74) is 5.00.